The number of furan rings is 3. The number of hydrogen-bond acceptors (Lipinski definition) is 6. The average Bonchev–Trinajstić information content (AvgIpc) is 3.88. The second-order valence-electron chi connectivity index (χ2n) is 12.8. The molecule has 0 radical (unpaired) electrons. The molecular formula is C45H25N3O3. The predicted molar refractivity (Wildman–Crippen MR) is 203 cm³/mol. The molecule has 0 amide bonds. The topological polar surface area (TPSA) is 78.1 Å². The fraction of sp³-hybridized carbons (Fsp3) is 0. The summed E-state index contributed by atoms with van der Waals surface area (Å²) in [4.78, 5) is 14.9. The van der Waals surface area contributed by atoms with Crippen molar-refractivity contribution in [2.24, 2.45) is 0 Å². The van der Waals surface area contributed by atoms with E-state index in [2.05, 4.69) is 60.7 Å². The van der Waals surface area contributed by atoms with E-state index in [1.54, 1.807) is 0 Å². The number of nitrogens with zero attached hydrogens (tertiary/aromatic N) is 3. The summed E-state index contributed by atoms with van der Waals surface area (Å²) in [5.74, 6) is 1.72. The zero-order valence-corrected chi connectivity index (χ0v) is 27.0. The Morgan fingerprint density at radius 2 is 0.647 bits per heavy atom. The first-order valence-corrected chi connectivity index (χ1v) is 16.8. The van der Waals surface area contributed by atoms with Crippen LogP contribution in [0.3, 0.4) is 0 Å². The number of benzene rings is 7. The van der Waals surface area contributed by atoms with Crippen LogP contribution in [0.1, 0.15) is 0 Å². The van der Waals surface area contributed by atoms with E-state index in [1.165, 1.54) is 0 Å². The fourth-order valence-corrected chi connectivity index (χ4v) is 7.22. The van der Waals surface area contributed by atoms with Gasteiger partial charge in [0, 0.05) is 49.0 Å². The van der Waals surface area contributed by atoms with E-state index in [0.717, 1.165) is 93.6 Å². The Kier molecular flexibility index (Phi) is 5.86. The summed E-state index contributed by atoms with van der Waals surface area (Å²) in [7, 11) is 0. The molecule has 7 aromatic carbocycles. The van der Waals surface area contributed by atoms with Gasteiger partial charge in [0.1, 0.15) is 33.5 Å². The van der Waals surface area contributed by atoms with Crippen LogP contribution in [-0.4, -0.2) is 15.0 Å². The number of fused-ring (bicyclic) bond motifs is 9. The van der Waals surface area contributed by atoms with E-state index >= 15 is 0 Å². The molecule has 0 saturated heterocycles. The number of para-hydroxylation sites is 2. The van der Waals surface area contributed by atoms with Gasteiger partial charge in [0.15, 0.2) is 17.5 Å². The Balaban J connectivity index is 1.02. The minimum Gasteiger partial charge on any atom is -0.456 e. The lowest BCUT2D eigenvalue weighted by Gasteiger charge is -2.08. The molecule has 0 unspecified atom stereocenters. The molecule has 0 fully saturated rings. The van der Waals surface area contributed by atoms with E-state index in [1.807, 2.05) is 91.0 Å². The van der Waals surface area contributed by atoms with Crippen molar-refractivity contribution in [3.63, 3.8) is 0 Å². The summed E-state index contributed by atoms with van der Waals surface area (Å²) in [6.07, 6.45) is 0. The van der Waals surface area contributed by atoms with Gasteiger partial charge in [-0.2, -0.15) is 0 Å². The first-order valence-electron chi connectivity index (χ1n) is 16.8. The van der Waals surface area contributed by atoms with Crippen molar-refractivity contribution in [1.82, 2.24) is 15.0 Å². The molecule has 0 aliphatic rings. The van der Waals surface area contributed by atoms with Crippen LogP contribution in [-0.2, 0) is 0 Å². The lowest BCUT2D eigenvalue weighted by Crippen LogP contribution is -2.00. The van der Waals surface area contributed by atoms with Crippen LogP contribution in [0.4, 0.5) is 0 Å². The molecule has 0 bridgehead atoms. The van der Waals surface area contributed by atoms with Crippen LogP contribution in [0, 0.1) is 0 Å². The van der Waals surface area contributed by atoms with Gasteiger partial charge < -0.3 is 13.3 Å². The molecule has 0 atom stereocenters. The molecule has 0 N–H and O–H groups in total. The van der Waals surface area contributed by atoms with Crippen molar-refractivity contribution in [2.45, 2.75) is 0 Å². The van der Waals surface area contributed by atoms with Gasteiger partial charge >= 0.3 is 0 Å². The molecule has 0 aliphatic carbocycles. The van der Waals surface area contributed by atoms with Crippen LogP contribution in [0.15, 0.2) is 165 Å². The molecule has 11 rings (SSSR count). The highest BCUT2D eigenvalue weighted by Crippen LogP contribution is 2.38. The number of hydrogen-bond donors (Lipinski definition) is 0. The van der Waals surface area contributed by atoms with Crippen molar-refractivity contribution in [3.8, 4) is 45.3 Å². The highest BCUT2D eigenvalue weighted by atomic mass is 16.3. The van der Waals surface area contributed by atoms with Gasteiger partial charge in [-0.05, 0) is 71.8 Å². The first-order chi connectivity index (χ1) is 25.2. The third kappa shape index (κ3) is 4.47. The summed E-state index contributed by atoms with van der Waals surface area (Å²) >= 11 is 0. The molecule has 238 valence electrons. The molecular weight excluding hydrogens is 631 g/mol. The third-order valence-corrected chi connectivity index (χ3v) is 9.75. The smallest absolute Gasteiger partial charge is 0.164 e. The second-order valence-corrected chi connectivity index (χ2v) is 12.8. The van der Waals surface area contributed by atoms with E-state index < -0.39 is 0 Å². The molecule has 0 saturated carbocycles. The van der Waals surface area contributed by atoms with Crippen molar-refractivity contribution >= 4 is 65.8 Å². The SMILES string of the molecule is c1ccc(-c2nc(-c3ccc4c(c3)oc3ccccc34)nc(-c3ccc4c(c3)oc3ccc(-c5ccc6c(c5)oc5ccccc56)cc34)n2)cc1. The Labute approximate surface area is 290 Å². The Morgan fingerprint density at radius 1 is 0.255 bits per heavy atom. The lowest BCUT2D eigenvalue weighted by atomic mass is 10.0. The highest BCUT2D eigenvalue weighted by Gasteiger charge is 2.17. The summed E-state index contributed by atoms with van der Waals surface area (Å²) in [6, 6.07) is 51.2. The molecule has 51 heavy (non-hydrogen) atoms. The number of aromatic nitrogens is 3. The quantitative estimate of drug-likeness (QED) is 0.188. The first kappa shape index (κ1) is 27.9. The van der Waals surface area contributed by atoms with Gasteiger partial charge in [-0.15, -0.1) is 0 Å². The molecule has 4 heterocycles. The van der Waals surface area contributed by atoms with Gasteiger partial charge in [-0.3, -0.25) is 0 Å². The van der Waals surface area contributed by atoms with E-state index in [0.29, 0.717) is 17.5 Å². The molecule has 6 nitrogen and oxygen atoms in total. The Hall–Kier alpha value is -7.05. The fourth-order valence-electron chi connectivity index (χ4n) is 7.22. The monoisotopic (exact) mass is 655 g/mol. The summed E-state index contributed by atoms with van der Waals surface area (Å²) in [5.41, 5.74) is 9.75. The van der Waals surface area contributed by atoms with Gasteiger partial charge in [-0.25, -0.2) is 15.0 Å². The molecule has 6 heteroatoms. The number of rotatable bonds is 4. The van der Waals surface area contributed by atoms with Crippen molar-refractivity contribution in [3.05, 3.63) is 152 Å². The average molecular weight is 656 g/mol. The maximum Gasteiger partial charge on any atom is 0.164 e. The molecule has 0 spiro atoms. The standard InChI is InChI=1S/C45H25N3O3/c1-2-8-26(9-3-1)43-46-44(29-15-19-34-32-11-5-7-13-38(32)50-41(34)24-29)48-45(47-43)30-16-20-35-36-22-27(17-21-39(36)51-42(35)25-30)28-14-18-33-31-10-4-6-12-37(31)49-40(33)23-28/h1-25H. The largest absolute Gasteiger partial charge is 0.456 e. The van der Waals surface area contributed by atoms with Gasteiger partial charge in [0.2, 0.25) is 0 Å². The van der Waals surface area contributed by atoms with Gasteiger partial charge in [-0.1, -0.05) is 91.0 Å². The van der Waals surface area contributed by atoms with E-state index in [-0.39, 0.29) is 0 Å². The van der Waals surface area contributed by atoms with Crippen LogP contribution >= 0.6 is 0 Å². The molecule has 0 aliphatic heterocycles. The maximum absolute atomic E-state index is 6.42. The lowest BCUT2D eigenvalue weighted by molar-refractivity contribution is 0.668. The Morgan fingerprint density at radius 3 is 1.24 bits per heavy atom. The van der Waals surface area contributed by atoms with Crippen LogP contribution < -0.4 is 0 Å². The van der Waals surface area contributed by atoms with Crippen LogP contribution in [0.5, 0.6) is 0 Å². The van der Waals surface area contributed by atoms with Gasteiger partial charge in [0.25, 0.3) is 0 Å². The summed E-state index contributed by atoms with van der Waals surface area (Å²) < 4.78 is 18.8. The minimum absolute atomic E-state index is 0.561. The van der Waals surface area contributed by atoms with E-state index in [9.17, 15) is 0 Å². The third-order valence-electron chi connectivity index (χ3n) is 9.75. The normalized spacial score (nSPS) is 11.9. The maximum atomic E-state index is 6.42. The van der Waals surface area contributed by atoms with Crippen molar-refractivity contribution in [1.29, 1.82) is 0 Å². The van der Waals surface area contributed by atoms with Crippen LogP contribution in [0.25, 0.3) is 111 Å². The predicted octanol–water partition coefficient (Wildman–Crippen LogP) is 12.2. The van der Waals surface area contributed by atoms with Crippen molar-refractivity contribution < 1.29 is 13.3 Å². The molecule has 4 aromatic heterocycles. The Bertz CT molecular complexity index is 3150. The summed E-state index contributed by atoms with van der Waals surface area (Å²) in [6.45, 7) is 0. The highest BCUT2D eigenvalue weighted by molar-refractivity contribution is 6.09. The zero-order valence-electron chi connectivity index (χ0n) is 27.0. The zero-order chi connectivity index (χ0) is 33.5. The second kappa shape index (κ2) is 10.7. The minimum atomic E-state index is 0.561. The summed E-state index contributed by atoms with van der Waals surface area (Å²) in [5, 5.41) is 6.44. The van der Waals surface area contributed by atoms with Gasteiger partial charge in [0.05, 0.1) is 0 Å². The molecule has 11 aromatic rings. The van der Waals surface area contributed by atoms with Crippen molar-refractivity contribution in [2.75, 3.05) is 0 Å². The van der Waals surface area contributed by atoms with E-state index in [4.69, 9.17) is 28.2 Å². The van der Waals surface area contributed by atoms with Crippen LogP contribution in [0.2, 0.25) is 0 Å².